The molecule has 1 rings (SSSR count). The minimum Gasteiger partial charge on any atom is -0.310 e. The smallest absolute Gasteiger partial charge is 0.212 e. The third kappa shape index (κ3) is 5.75. The second kappa shape index (κ2) is 7.54. The molecule has 0 atom stereocenters. The first-order chi connectivity index (χ1) is 8.44. The van der Waals surface area contributed by atoms with E-state index >= 15 is 0 Å². The molecule has 0 radical (unpaired) electrons. The molecule has 8 heteroatoms. The molecule has 1 aromatic heterocycles. The fourth-order valence-electron chi connectivity index (χ4n) is 1.28. The molecule has 0 fully saturated rings. The van der Waals surface area contributed by atoms with Gasteiger partial charge in [-0.1, -0.05) is 6.92 Å². The molecule has 2 N–H and O–H groups in total. The number of hydrogen-bond acceptors (Lipinski definition) is 4. The lowest BCUT2D eigenvalue weighted by molar-refractivity contribution is 0.578. The predicted molar refractivity (Wildman–Crippen MR) is 78.8 cm³/mol. The number of nitrogens with zero attached hydrogens (tertiary/aromatic N) is 1. The lowest BCUT2D eigenvalue weighted by Gasteiger charge is -2.07. The van der Waals surface area contributed by atoms with Gasteiger partial charge in [-0.3, -0.25) is 4.98 Å². The topological polar surface area (TPSA) is 71.1 Å². The summed E-state index contributed by atoms with van der Waals surface area (Å²) in [6.07, 6.45) is 1.71. The number of aromatic nitrogens is 1. The highest BCUT2D eigenvalue weighted by molar-refractivity contribution is 9.11. The van der Waals surface area contributed by atoms with E-state index in [1.807, 2.05) is 6.07 Å². The van der Waals surface area contributed by atoms with Crippen LogP contribution in [0.2, 0.25) is 0 Å². The van der Waals surface area contributed by atoms with E-state index < -0.39 is 10.0 Å². The molecule has 0 amide bonds. The number of nitrogens with one attached hydrogen (secondary N) is 2. The fourth-order valence-corrected chi connectivity index (χ4v) is 3.40. The van der Waals surface area contributed by atoms with E-state index in [4.69, 9.17) is 0 Å². The number of sulfonamides is 1. The van der Waals surface area contributed by atoms with E-state index in [-0.39, 0.29) is 5.75 Å². The van der Waals surface area contributed by atoms with Gasteiger partial charge < -0.3 is 5.32 Å². The van der Waals surface area contributed by atoms with Crippen molar-refractivity contribution in [2.45, 2.75) is 13.5 Å². The third-order valence-corrected chi connectivity index (χ3v) is 4.68. The van der Waals surface area contributed by atoms with Crippen LogP contribution in [0, 0.1) is 0 Å². The Hall–Kier alpha value is -0.0200. The molecule has 102 valence electrons. The maximum atomic E-state index is 11.4. The minimum absolute atomic E-state index is 0.0645. The molecule has 0 aliphatic rings. The summed E-state index contributed by atoms with van der Waals surface area (Å²) in [4.78, 5) is 4.23. The van der Waals surface area contributed by atoms with Gasteiger partial charge in [0, 0.05) is 34.8 Å². The van der Waals surface area contributed by atoms with Crippen molar-refractivity contribution in [2.24, 2.45) is 0 Å². The number of halogens is 2. The molecule has 1 aromatic rings. The second-order valence-corrected chi connectivity index (χ2v) is 7.27. The molecule has 5 nitrogen and oxygen atoms in total. The van der Waals surface area contributed by atoms with Gasteiger partial charge in [-0.15, -0.1) is 0 Å². The Bertz CT molecular complexity index is 494. The minimum atomic E-state index is -3.16. The molecule has 1 heterocycles. The van der Waals surface area contributed by atoms with Crippen LogP contribution in [0.5, 0.6) is 0 Å². The number of hydrogen-bond donors (Lipinski definition) is 2. The van der Waals surface area contributed by atoms with Gasteiger partial charge in [0.2, 0.25) is 10.0 Å². The van der Waals surface area contributed by atoms with E-state index in [2.05, 4.69) is 46.9 Å². The molecular formula is C10H15Br2N3O2S. The zero-order chi connectivity index (χ0) is 13.6. The quantitative estimate of drug-likeness (QED) is 0.682. The summed E-state index contributed by atoms with van der Waals surface area (Å²) >= 11 is 6.72. The zero-order valence-electron chi connectivity index (χ0n) is 9.91. The highest BCUT2D eigenvalue weighted by atomic mass is 79.9. The van der Waals surface area contributed by atoms with Crippen molar-refractivity contribution >= 4 is 41.9 Å². The van der Waals surface area contributed by atoms with Crippen molar-refractivity contribution in [1.29, 1.82) is 0 Å². The van der Waals surface area contributed by atoms with Crippen LogP contribution in [0.25, 0.3) is 0 Å². The van der Waals surface area contributed by atoms with Gasteiger partial charge in [-0.2, -0.15) is 0 Å². The van der Waals surface area contributed by atoms with E-state index in [0.29, 0.717) is 19.6 Å². The summed E-state index contributed by atoms with van der Waals surface area (Å²) in [5.41, 5.74) is 0.846. The molecule has 0 spiro atoms. The summed E-state index contributed by atoms with van der Waals surface area (Å²) in [7, 11) is -3.16. The third-order valence-electron chi connectivity index (χ3n) is 2.09. The summed E-state index contributed by atoms with van der Waals surface area (Å²) in [5.74, 6) is 0.0645. The van der Waals surface area contributed by atoms with Crippen LogP contribution in [0.4, 0.5) is 0 Å². The van der Waals surface area contributed by atoms with Crippen LogP contribution < -0.4 is 10.0 Å². The maximum absolute atomic E-state index is 11.4. The van der Waals surface area contributed by atoms with Gasteiger partial charge >= 0.3 is 0 Å². The molecule has 18 heavy (non-hydrogen) atoms. The average molecular weight is 401 g/mol. The first-order valence-electron chi connectivity index (χ1n) is 5.42. The first-order valence-corrected chi connectivity index (χ1v) is 8.66. The summed E-state index contributed by atoms with van der Waals surface area (Å²) in [5, 5.41) is 3.05. The van der Waals surface area contributed by atoms with Crippen LogP contribution in [0.1, 0.15) is 12.6 Å². The summed E-state index contributed by atoms with van der Waals surface area (Å²) < 4.78 is 27.0. The SMILES string of the molecule is CCNS(=O)(=O)CCNCc1ncc(Br)cc1Br. The lowest BCUT2D eigenvalue weighted by Crippen LogP contribution is -2.31. The van der Waals surface area contributed by atoms with Gasteiger partial charge in [0.15, 0.2) is 0 Å². The second-order valence-electron chi connectivity index (χ2n) is 3.58. The molecule has 0 unspecified atom stereocenters. The van der Waals surface area contributed by atoms with Crippen LogP contribution in [0.15, 0.2) is 21.2 Å². The monoisotopic (exact) mass is 399 g/mol. The predicted octanol–water partition coefficient (Wildman–Crippen LogP) is 1.64. The van der Waals surface area contributed by atoms with Crippen molar-refractivity contribution in [3.63, 3.8) is 0 Å². The molecule has 0 bridgehead atoms. The highest BCUT2D eigenvalue weighted by Gasteiger charge is 2.08. The van der Waals surface area contributed by atoms with Gasteiger partial charge in [0.05, 0.1) is 11.4 Å². The molecule has 0 saturated carbocycles. The Morgan fingerprint density at radius 3 is 2.72 bits per heavy atom. The molecule has 0 saturated heterocycles. The van der Waals surface area contributed by atoms with E-state index in [0.717, 1.165) is 14.6 Å². The molecule has 0 aliphatic heterocycles. The Morgan fingerprint density at radius 1 is 1.39 bits per heavy atom. The Labute approximate surface area is 124 Å². The van der Waals surface area contributed by atoms with Gasteiger partial charge in [0.25, 0.3) is 0 Å². The zero-order valence-corrected chi connectivity index (χ0v) is 13.9. The van der Waals surface area contributed by atoms with Gasteiger partial charge in [-0.25, -0.2) is 13.1 Å². The van der Waals surface area contributed by atoms with Crippen LogP contribution in [-0.4, -0.2) is 32.2 Å². The van der Waals surface area contributed by atoms with Crippen LogP contribution >= 0.6 is 31.9 Å². The largest absolute Gasteiger partial charge is 0.310 e. The fraction of sp³-hybridized carbons (Fsp3) is 0.500. The summed E-state index contributed by atoms with van der Waals surface area (Å²) in [6, 6.07) is 1.90. The normalized spacial score (nSPS) is 11.7. The van der Waals surface area contributed by atoms with Crippen molar-refractivity contribution < 1.29 is 8.42 Å². The number of rotatable bonds is 7. The number of pyridine rings is 1. The first kappa shape index (κ1) is 16.0. The lowest BCUT2D eigenvalue weighted by atomic mass is 10.3. The highest BCUT2D eigenvalue weighted by Crippen LogP contribution is 2.19. The van der Waals surface area contributed by atoms with Crippen LogP contribution in [-0.2, 0) is 16.6 Å². The van der Waals surface area contributed by atoms with Crippen molar-refractivity contribution in [2.75, 3.05) is 18.8 Å². The molecule has 0 aromatic carbocycles. The Kier molecular flexibility index (Phi) is 6.72. The summed E-state index contributed by atoms with van der Waals surface area (Å²) in [6.45, 7) is 3.09. The van der Waals surface area contributed by atoms with Crippen molar-refractivity contribution in [3.05, 3.63) is 26.9 Å². The van der Waals surface area contributed by atoms with Crippen molar-refractivity contribution in [3.8, 4) is 0 Å². The van der Waals surface area contributed by atoms with Crippen molar-refractivity contribution in [1.82, 2.24) is 15.0 Å². The van der Waals surface area contributed by atoms with Crippen LogP contribution in [0.3, 0.4) is 0 Å². The maximum Gasteiger partial charge on any atom is 0.212 e. The van der Waals surface area contributed by atoms with E-state index in [9.17, 15) is 8.42 Å². The van der Waals surface area contributed by atoms with E-state index in [1.54, 1.807) is 13.1 Å². The van der Waals surface area contributed by atoms with E-state index in [1.165, 1.54) is 0 Å². The van der Waals surface area contributed by atoms with Gasteiger partial charge in [0.1, 0.15) is 0 Å². The molecular weight excluding hydrogens is 386 g/mol. The molecule has 0 aliphatic carbocycles. The standard InChI is InChI=1S/C10H15Br2N3O2S/c1-2-15-18(16,17)4-3-13-7-10-9(12)5-8(11)6-14-10/h5-6,13,15H,2-4,7H2,1H3. The Balaban J connectivity index is 2.38. The average Bonchev–Trinajstić information content (AvgIpc) is 2.26. The van der Waals surface area contributed by atoms with Gasteiger partial charge in [-0.05, 0) is 37.9 Å². The Morgan fingerprint density at radius 2 is 2.11 bits per heavy atom.